The first-order valence-corrected chi connectivity index (χ1v) is 6.83. The van der Waals surface area contributed by atoms with Crippen molar-refractivity contribution in [1.29, 1.82) is 0 Å². The molecule has 0 aromatic rings. The highest BCUT2D eigenvalue weighted by Crippen LogP contribution is 2.26. The van der Waals surface area contributed by atoms with Gasteiger partial charge in [-0.3, -0.25) is 4.79 Å². The first-order chi connectivity index (χ1) is 8.67. The number of methoxy groups -OCH3 is 1. The fraction of sp³-hybridized carbons (Fsp3) is 0.923. The molecule has 0 aromatic heterocycles. The minimum Gasteiger partial charge on any atom is -0.377 e. The summed E-state index contributed by atoms with van der Waals surface area (Å²) in [5.74, 6) is 0.148. The summed E-state index contributed by atoms with van der Waals surface area (Å²) in [7, 11) is 1.69. The van der Waals surface area contributed by atoms with Gasteiger partial charge in [-0.15, -0.1) is 0 Å². The lowest BCUT2D eigenvalue weighted by Crippen LogP contribution is -2.61. The van der Waals surface area contributed by atoms with Crippen molar-refractivity contribution in [2.75, 3.05) is 33.4 Å². The third kappa shape index (κ3) is 3.67. The van der Waals surface area contributed by atoms with E-state index in [0.29, 0.717) is 13.2 Å². The SMILES string of the molecule is CCOC1CC(NCC(=O)N(CC)CC)C1OC. The third-order valence-electron chi connectivity index (χ3n) is 3.53. The number of amides is 1. The number of rotatable bonds is 8. The summed E-state index contributed by atoms with van der Waals surface area (Å²) >= 11 is 0. The quantitative estimate of drug-likeness (QED) is 0.694. The molecule has 0 aromatic carbocycles. The van der Waals surface area contributed by atoms with E-state index in [2.05, 4.69) is 5.32 Å². The summed E-state index contributed by atoms with van der Waals surface area (Å²) in [4.78, 5) is 13.7. The molecule has 5 heteroatoms. The van der Waals surface area contributed by atoms with E-state index in [0.717, 1.165) is 19.5 Å². The Balaban J connectivity index is 2.30. The second-order valence-corrected chi connectivity index (χ2v) is 4.48. The van der Waals surface area contributed by atoms with Crippen LogP contribution in [0.5, 0.6) is 0 Å². The standard InChI is InChI=1S/C13H26N2O3/c1-5-15(6-2)12(16)9-14-10-8-11(18-7-3)13(10)17-4/h10-11,13-14H,5-9H2,1-4H3. The summed E-state index contributed by atoms with van der Waals surface area (Å²) in [6.45, 7) is 8.58. The number of hydrogen-bond donors (Lipinski definition) is 1. The number of carbonyl (C=O) groups is 1. The van der Waals surface area contributed by atoms with Crippen molar-refractivity contribution in [3.8, 4) is 0 Å². The number of nitrogens with one attached hydrogen (secondary N) is 1. The Morgan fingerprint density at radius 2 is 2.00 bits per heavy atom. The highest BCUT2D eigenvalue weighted by Gasteiger charge is 2.41. The van der Waals surface area contributed by atoms with Gasteiger partial charge in [0, 0.05) is 32.8 Å². The molecule has 0 radical (unpaired) electrons. The van der Waals surface area contributed by atoms with Crippen LogP contribution in [-0.2, 0) is 14.3 Å². The zero-order valence-electron chi connectivity index (χ0n) is 11.9. The van der Waals surface area contributed by atoms with Crippen molar-refractivity contribution >= 4 is 5.91 Å². The molecule has 3 unspecified atom stereocenters. The van der Waals surface area contributed by atoms with Crippen molar-refractivity contribution in [3.05, 3.63) is 0 Å². The smallest absolute Gasteiger partial charge is 0.236 e. The monoisotopic (exact) mass is 258 g/mol. The van der Waals surface area contributed by atoms with Gasteiger partial charge in [0.05, 0.1) is 18.8 Å². The van der Waals surface area contributed by atoms with E-state index in [-0.39, 0.29) is 24.2 Å². The van der Waals surface area contributed by atoms with Crippen LogP contribution in [0.25, 0.3) is 0 Å². The predicted molar refractivity (Wildman–Crippen MR) is 70.5 cm³/mol. The maximum atomic E-state index is 11.8. The molecule has 0 heterocycles. The second-order valence-electron chi connectivity index (χ2n) is 4.48. The normalized spacial score (nSPS) is 26.8. The molecule has 1 rings (SSSR count). The number of carbonyl (C=O) groups excluding carboxylic acids is 1. The molecule has 0 bridgehead atoms. The zero-order chi connectivity index (χ0) is 13.5. The van der Waals surface area contributed by atoms with Gasteiger partial charge in [0.1, 0.15) is 0 Å². The minimum atomic E-state index is 0.0643. The minimum absolute atomic E-state index is 0.0643. The van der Waals surface area contributed by atoms with Crippen LogP contribution in [0.4, 0.5) is 0 Å². The number of likely N-dealkylation sites (N-methyl/N-ethyl adjacent to an activating group) is 1. The van der Waals surface area contributed by atoms with Crippen LogP contribution in [0.3, 0.4) is 0 Å². The van der Waals surface area contributed by atoms with Crippen molar-refractivity contribution in [2.24, 2.45) is 0 Å². The van der Waals surface area contributed by atoms with Crippen LogP contribution < -0.4 is 5.32 Å². The Bertz CT molecular complexity index is 257. The lowest BCUT2D eigenvalue weighted by molar-refractivity contribution is -0.138. The Morgan fingerprint density at radius 3 is 2.50 bits per heavy atom. The van der Waals surface area contributed by atoms with Gasteiger partial charge in [0.2, 0.25) is 5.91 Å². The largest absolute Gasteiger partial charge is 0.377 e. The molecule has 5 nitrogen and oxygen atoms in total. The zero-order valence-corrected chi connectivity index (χ0v) is 11.9. The van der Waals surface area contributed by atoms with Crippen molar-refractivity contribution in [2.45, 2.75) is 45.4 Å². The second kappa shape index (κ2) is 7.71. The summed E-state index contributed by atoms with van der Waals surface area (Å²) < 4.78 is 10.9. The van der Waals surface area contributed by atoms with Gasteiger partial charge in [-0.2, -0.15) is 0 Å². The molecule has 1 aliphatic carbocycles. The Morgan fingerprint density at radius 1 is 1.33 bits per heavy atom. The van der Waals surface area contributed by atoms with E-state index < -0.39 is 0 Å². The van der Waals surface area contributed by atoms with Crippen LogP contribution in [0, 0.1) is 0 Å². The van der Waals surface area contributed by atoms with E-state index in [1.54, 1.807) is 7.11 Å². The molecule has 18 heavy (non-hydrogen) atoms. The van der Waals surface area contributed by atoms with Gasteiger partial charge in [0.25, 0.3) is 0 Å². The van der Waals surface area contributed by atoms with Gasteiger partial charge in [-0.05, 0) is 27.2 Å². The van der Waals surface area contributed by atoms with Crippen LogP contribution in [0.15, 0.2) is 0 Å². The molecule has 1 fully saturated rings. The summed E-state index contributed by atoms with van der Waals surface area (Å²) in [5, 5.41) is 3.26. The average Bonchev–Trinajstić information content (AvgIpc) is 2.34. The Kier molecular flexibility index (Phi) is 6.60. The highest BCUT2D eigenvalue weighted by atomic mass is 16.5. The molecule has 0 aliphatic heterocycles. The molecule has 1 aliphatic rings. The fourth-order valence-corrected chi connectivity index (χ4v) is 2.38. The molecule has 1 N–H and O–H groups in total. The van der Waals surface area contributed by atoms with E-state index >= 15 is 0 Å². The summed E-state index contributed by atoms with van der Waals surface area (Å²) in [6.07, 6.45) is 1.15. The maximum absolute atomic E-state index is 11.8. The van der Waals surface area contributed by atoms with Crippen LogP contribution in [0.2, 0.25) is 0 Å². The molecular weight excluding hydrogens is 232 g/mol. The van der Waals surface area contributed by atoms with Crippen LogP contribution >= 0.6 is 0 Å². The summed E-state index contributed by atoms with van der Waals surface area (Å²) in [5.41, 5.74) is 0. The number of ether oxygens (including phenoxy) is 2. The van der Waals surface area contributed by atoms with Gasteiger partial charge in [-0.1, -0.05) is 0 Å². The molecule has 0 spiro atoms. The molecule has 1 amide bonds. The lowest BCUT2D eigenvalue weighted by Gasteiger charge is -2.43. The maximum Gasteiger partial charge on any atom is 0.236 e. The van der Waals surface area contributed by atoms with Gasteiger partial charge >= 0.3 is 0 Å². The molecular formula is C13H26N2O3. The van der Waals surface area contributed by atoms with E-state index in [1.165, 1.54) is 0 Å². The average molecular weight is 258 g/mol. The predicted octanol–water partition coefficient (Wildman–Crippen LogP) is 0.637. The molecule has 1 saturated carbocycles. The van der Waals surface area contributed by atoms with Crippen LogP contribution in [-0.4, -0.2) is 62.4 Å². The van der Waals surface area contributed by atoms with Gasteiger partial charge < -0.3 is 19.7 Å². The van der Waals surface area contributed by atoms with E-state index in [9.17, 15) is 4.79 Å². The topological polar surface area (TPSA) is 50.8 Å². The lowest BCUT2D eigenvalue weighted by atomic mass is 9.85. The van der Waals surface area contributed by atoms with Crippen molar-refractivity contribution < 1.29 is 14.3 Å². The van der Waals surface area contributed by atoms with Gasteiger partial charge in [-0.25, -0.2) is 0 Å². The van der Waals surface area contributed by atoms with Crippen molar-refractivity contribution in [1.82, 2.24) is 10.2 Å². The first kappa shape index (κ1) is 15.4. The molecule has 0 saturated heterocycles. The van der Waals surface area contributed by atoms with E-state index in [4.69, 9.17) is 9.47 Å². The highest BCUT2D eigenvalue weighted by molar-refractivity contribution is 5.78. The van der Waals surface area contributed by atoms with Crippen LogP contribution in [0.1, 0.15) is 27.2 Å². The van der Waals surface area contributed by atoms with Gasteiger partial charge in [0.15, 0.2) is 0 Å². The molecule has 106 valence electrons. The Labute approximate surface area is 110 Å². The van der Waals surface area contributed by atoms with Crippen molar-refractivity contribution in [3.63, 3.8) is 0 Å². The third-order valence-corrected chi connectivity index (χ3v) is 3.53. The fourth-order valence-electron chi connectivity index (χ4n) is 2.38. The van der Waals surface area contributed by atoms with E-state index in [1.807, 2.05) is 25.7 Å². The number of hydrogen-bond acceptors (Lipinski definition) is 4. The number of nitrogens with zero attached hydrogens (tertiary/aromatic N) is 1. The summed E-state index contributed by atoms with van der Waals surface area (Å²) in [6, 6.07) is 0.228. The Hall–Kier alpha value is -0.650. The first-order valence-electron chi connectivity index (χ1n) is 6.83. The molecule has 3 atom stereocenters.